The highest BCUT2D eigenvalue weighted by Crippen LogP contribution is 2.24. The molecule has 1 fully saturated rings. The van der Waals surface area contributed by atoms with Gasteiger partial charge in [-0.15, -0.1) is 11.3 Å². The zero-order valence-corrected chi connectivity index (χ0v) is 12.6. The second-order valence-electron chi connectivity index (χ2n) is 4.83. The number of hydrogen-bond acceptors (Lipinski definition) is 4. The number of likely N-dealkylation sites (tertiary alicyclic amines) is 1. The standard InChI is InChI=1S/C13H17ClN2O2S/c1-8(13(18)11-3-4-12(14)19-11)16-6-5-10(7-16)15-9(2)17/h3-4,8,10H,5-7H2,1-2H3,(H,15,17). The average molecular weight is 301 g/mol. The number of carbonyl (C=O) groups is 2. The first-order valence-corrected chi connectivity index (χ1v) is 7.47. The van der Waals surface area contributed by atoms with Gasteiger partial charge in [0, 0.05) is 26.1 Å². The molecule has 1 saturated heterocycles. The summed E-state index contributed by atoms with van der Waals surface area (Å²) in [6.07, 6.45) is 0.891. The monoisotopic (exact) mass is 300 g/mol. The van der Waals surface area contributed by atoms with Gasteiger partial charge < -0.3 is 5.32 Å². The Kier molecular flexibility index (Phi) is 4.60. The molecule has 0 aliphatic carbocycles. The Hall–Kier alpha value is -0.910. The Bertz CT molecular complexity index is 489. The van der Waals surface area contributed by atoms with E-state index in [0.717, 1.165) is 19.5 Å². The third kappa shape index (κ3) is 3.55. The van der Waals surface area contributed by atoms with E-state index in [4.69, 9.17) is 11.6 Å². The van der Waals surface area contributed by atoms with Crippen LogP contribution in [0.5, 0.6) is 0 Å². The van der Waals surface area contributed by atoms with Crippen LogP contribution in [0.2, 0.25) is 4.34 Å². The summed E-state index contributed by atoms with van der Waals surface area (Å²) < 4.78 is 0.632. The smallest absolute Gasteiger partial charge is 0.217 e. The van der Waals surface area contributed by atoms with Crippen molar-refractivity contribution in [2.45, 2.75) is 32.4 Å². The molecule has 6 heteroatoms. The maximum atomic E-state index is 12.3. The number of rotatable bonds is 4. The normalized spacial score (nSPS) is 21.3. The molecule has 1 amide bonds. The van der Waals surface area contributed by atoms with Crippen molar-refractivity contribution < 1.29 is 9.59 Å². The minimum Gasteiger partial charge on any atom is -0.352 e. The molecule has 1 N–H and O–H groups in total. The highest BCUT2D eigenvalue weighted by atomic mass is 35.5. The first-order valence-electron chi connectivity index (χ1n) is 6.28. The van der Waals surface area contributed by atoms with Crippen LogP contribution in [0.15, 0.2) is 12.1 Å². The summed E-state index contributed by atoms with van der Waals surface area (Å²) in [5, 5.41) is 2.90. The zero-order chi connectivity index (χ0) is 14.0. The van der Waals surface area contributed by atoms with Crippen molar-refractivity contribution in [2.75, 3.05) is 13.1 Å². The molecule has 1 aromatic rings. The average Bonchev–Trinajstić information content (AvgIpc) is 2.95. The number of hydrogen-bond donors (Lipinski definition) is 1. The van der Waals surface area contributed by atoms with Crippen molar-refractivity contribution in [1.29, 1.82) is 0 Å². The van der Waals surface area contributed by atoms with Gasteiger partial charge in [0.05, 0.1) is 15.3 Å². The fraction of sp³-hybridized carbons (Fsp3) is 0.538. The Balaban J connectivity index is 1.95. The Morgan fingerprint density at radius 3 is 2.84 bits per heavy atom. The van der Waals surface area contributed by atoms with E-state index in [0.29, 0.717) is 9.21 Å². The van der Waals surface area contributed by atoms with Gasteiger partial charge in [-0.1, -0.05) is 11.6 Å². The summed E-state index contributed by atoms with van der Waals surface area (Å²) in [5.74, 6) is 0.0799. The molecular weight excluding hydrogens is 284 g/mol. The molecule has 1 aromatic heterocycles. The summed E-state index contributed by atoms with van der Waals surface area (Å²) >= 11 is 7.17. The lowest BCUT2D eigenvalue weighted by molar-refractivity contribution is -0.119. The molecular formula is C13H17ClN2O2S. The fourth-order valence-electron chi connectivity index (χ4n) is 2.36. The molecule has 1 aliphatic heterocycles. The van der Waals surface area contributed by atoms with Crippen LogP contribution in [-0.4, -0.2) is 41.8 Å². The molecule has 2 rings (SSSR count). The summed E-state index contributed by atoms with van der Waals surface area (Å²) in [5.41, 5.74) is 0. The van der Waals surface area contributed by atoms with Crippen molar-refractivity contribution in [1.82, 2.24) is 10.2 Å². The molecule has 19 heavy (non-hydrogen) atoms. The van der Waals surface area contributed by atoms with Crippen molar-refractivity contribution in [2.24, 2.45) is 0 Å². The second-order valence-corrected chi connectivity index (χ2v) is 6.54. The number of nitrogens with one attached hydrogen (secondary N) is 1. The van der Waals surface area contributed by atoms with Gasteiger partial charge in [-0.05, 0) is 25.5 Å². The largest absolute Gasteiger partial charge is 0.352 e. The SMILES string of the molecule is CC(=O)NC1CCN(C(C)C(=O)c2ccc(Cl)s2)C1. The molecule has 0 radical (unpaired) electrons. The molecule has 2 unspecified atom stereocenters. The quantitative estimate of drug-likeness (QED) is 0.867. The van der Waals surface area contributed by atoms with Gasteiger partial charge in [-0.25, -0.2) is 0 Å². The Morgan fingerprint density at radius 2 is 2.26 bits per heavy atom. The summed E-state index contributed by atoms with van der Waals surface area (Å²) in [7, 11) is 0. The van der Waals surface area contributed by atoms with Crippen LogP contribution >= 0.6 is 22.9 Å². The highest BCUT2D eigenvalue weighted by Gasteiger charge is 2.30. The van der Waals surface area contributed by atoms with Crippen LogP contribution < -0.4 is 5.32 Å². The number of ketones is 1. The lowest BCUT2D eigenvalue weighted by Gasteiger charge is -2.22. The van der Waals surface area contributed by atoms with Crippen molar-refractivity contribution >= 4 is 34.6 Å². The lowest BCUT2D eigenvalue weighted by atomic mass is 10.1. The van der Waals surface area contributed by atoms with Crippen molar-refractivity contribution in [3.63, 3.8) is 0 Å². The van der Waals surface area contributed by atoms with E-state index in [1.807, 2.05) is 6.92 Å². The van der Waals surface area contributed by atoms with E-state index in [2.05, 4.69) is 10.2 Å². The van der Waals surface area contributed by atoms with Gasteiger partial charge in [-0.3, -0.25) is 14.5 Å². The van der Waals surface area contributed by atoms with E-state index in [9.17, 15) is 9.59 Å². The van der Waals surface area contributed by atoms with Crippen LogP contribution in [0.4, 0.5) is 0 Å². The molecule has 4 nitrogen and oxygen atoms in total. The lowest BCUT2D eigenvalue weighted by Crippen LogP contribution is -2.41. The van der Waals surface area contributed by atoms with E-state index < -0.39 is 0 Å². The van der Waals surface area contributed by atoms with Gasteiger partial charge in [0.2, 0.25) is 5.91 Å². The van der Waals surface area contributed by atoms with Crippen LogP contribution in [0.1, 0.15) is 29.9 Å². The fourth-order valence-corrected chi connectivity index (χ4v) is 3.43. The molecule has 0 saturated carbocycles. The molecule has 2 heterocycles. The first-order chi connectivity index (χ1) is 8.97. The predicted molar refractivity (Wildman–Crippen MR) is 76.9 cm³/mol. The van der Waals surface area contributed by atoms with Gasteiger partial charge in [0.15, 0.2) is 5.78 Å². The van der Waals surface area contributed by atoms with E-state index in [1.165, 1.54) is 18.3 Å². The minimum atomic E-state index is -0.173. The van der Waals surface area contributed by atoms with Crippen molar-refractivity contribution in [3.8, 4) is 0 Å². The number of thiophene rings is 1. The summed E-state index contributed by atoms with van der Waals surface area (Å²) in [4.78, 5) is 26.1. The maximum absolute atomic E-state index is 12.3. The third-order valence-corrected chi connectivity index (χ3v) is 4.62. The molecule has 104 valence electrons. The molecule has 0 spiro atoms. The highest BCUT2D eigenvalue weighted by molar-refractivity contribution is 7.18. The first kappa shape index (κ1) is 14.5. The number of halogens is 1. The topological polar surface area (TPSA) is 49.4 Å². The van der Waals surface area contributed by atoms with E-state index in [-0.39, 0.29) is 23.8 Å². The third-order valence-electron chi connectivity index (χ3n) is 3.37. The second kappa shape index (κ2) is 6.03. The number of carbonyl (C=O) groups excluding carboxylic acids is 2. The van der Waals surface area contributed by atoms with Gasteiger partial charge in [-0.2, -0.15) is 0 Å². The predicted octanol–water partition coefficient (Wildman–Crippen LogP) is 2.18. The van der Waals surface area contributed by atoms with Crippen LogP contribution in [-0.2, 0) is 4.79 Å². The minimum absolute atomic E-state index is 0.0177. The Labute approximate surface area is 121 Å². The number of nitrogens with zero attached hydrogens (tertiary/aromatic N) is 1. The van der Waals surface area contributed by atoms with Gasteiger partial charge >= 0.3 is 0 Å². The van der Waals surface area contributed by atoms with Gasteiger partial charge in [0.25, 0.3) is 0 Å². The number of amides is 1. The van der Waals surface area contributed by atoms with Crippen LogP contribution in [0.3, 0.4) is 0 Å². The van der Waals surface area contributed by atoms with E-state index >= 15 is 0 Å². The molecule has 0 bridgehead atoms. The van der Waals surface area contributed by atoms with Crippen LogP contribution in [0.25, 0.3) is 0 Å². The van der Waals surface area contributed by atoms with E-state index in [1.54, 1.807) is 12.1 Å². The summed E-state index contributed by atoms with van der Waals surface area (Å²) in [6, 6.07) is 3.50. The maximum Gasteiger partial charge on any atom is 0.217 e. The van der Waals surface area contributed by atoms with Gasteiger partial charge in [0.1, 0.15) is 0 Å². The summed E-state index contributed by atoms with van der Waals surface area (Å²) in [6.45, 7) is 4.99. The molecule has 2 atom stereocenters. The van der Waals surface area contributed by atoms with Crippen molar-refractivity contribution in [3.05, 3.63) is 21.3 Å². The number of Topliss-reactive ketones (excluding diaryl/α,β-unsaturated/α-hetero) is 1. The Morgan fingerprint density at radius 1 is 1.53 bits per heavy atom. The molecule has 1 aliphatic rings. The zero-order valence-electron chi connectivity index (χ0n) is 11.0. The molecule has 0 aromatic carbocycles. The van der Waals surface area contributed by atoms with Crippen LogP contribution in [0, 0.1) is 0 Å².